The van der Waals surface area contributed by atoms with Crippen LogP contribution in [0, 0.1) is 29.5 Å². The van der Waals surface area contributed by atoms with E-state index >= 15 is 4.39 Å². The number of imidazole rings is 1. The van der Waals surface area contributed by atoms with Gasteiger partial charge in [0.25, 0.3) is 5.91 Å². The minimum atomic E-state index is -5.19. The molecule has 21 heteroatoms. The number of benzene rings is 2. The molecule has 2 aliphatic heterocycles. The molecule has 5 heterocycles. The molecule has 7 rings (SSSR count). The molecule has 3 atom stereocenters. The van der Waals surface area contributed by atoms with Gasteiger partial charge in [0.1, 0.15) is 35.3 Å². The Kier molecular flexibility index (Phi) is 14.4. The van der Waals surface area contributed by atoms with E-state index in [1.165, 1.54) is 42.4 Å². The number of hydrogen-bond acceptors (Lipinski definition) is 12. The van der Waals surface area contributed by atoms with Crippen LogP contribution in [0.3, 0.4) is 0 Å². The van der Waals surface area contributed by atoms with Gasteiger partial charge in [-0.05, 0) is 99.8 Å². The normalized spacial score (nSPS) is 17.7. The Morgan fingerprint density at radius 2 is 1.78 bits per heavy atom. The molecule has 2 aromatic carbocycles. The summed E-state index contributed by atoms with van der Waals surface area (Å²) in [5, 5.41) is 22.4. The summed E-state index contributed by atoms with van der Waals surface area (Å²) in [4.78, 5) is 62.0. The summed E-state index contributed by atoms with van der Waals surface area (Å²) in [6, 6.07) is 12.2. The third kappa shape index (κ3) is 10.2. The third-order valence-electron chi connectivity index (χ3n) is 11.7. The topological polar surface area (TPSA) is 190 Å². The number of aliphatic hydroxyl groups excluding tert-OH is 1. The quantitative estimate of drug-likeness (QED) is 0.0524. The summed E-state index contributed by atoms with van der Waals surface area (Å²) in [6.45, 7) is 11.0. The molecule has 3 N–H and O–H groups in total. The molecule has 0 spiro atoms. The number of thiazole rings is 1. The van der Waals surface area contributed by atoms with Crippen molar-refractivity contribution in [3.8, 4) is 33.6 Å². The van der Waals surface area contributed by atoms with Gasteiger partial charge in [0.15, 0.2) is 10.9 Å². The van der Waals surface area contributed by atoms with Crippen molar-refractivity contribution < 1.29 is 46.5 Å². The van der Waals surface area contributed by atoms with Crippen LogP contribution in [0.5, 0.6) is 5.75 Å². The van der Waals surface area contributed by atoms with Crippen molar-refractivity contribution in [3.63, 3.8) is 0 Å². The van der Waals surface area contributed by atoms with Gasteiger partial charge in [0.05, 0.1) is 81.6 Å². The second-order valence-electron chi connectivity index (χ2n) is 18.0. The van der Waals surface area contributed by atoms with E-state index in [4.69, 9.17) is 21.7 Å². The number of carbonyl (C=O) groups is 3. The third-order valence-corrected chi connectivity index (χ3v) is 13.0. The second-order valence-corrected chi connectivity index (χ2v) is 19.2. The van der Waals surface area contributed by atoms with Gasteiger partial charge in [0.2, 0.25) is 11.8 Å². The zero-order valence-electron chi connectivity index (χ0n) is 38.0. The number of alkyl halides is 3. The number of aromatic nitrogens is 4. The summed E-state index contributed by atoms with van der Waals surface area (Å²) in [5.41, 5.74) is -0.477. The SMILES string of the molecule is Cc1ncsc1-c1cnc([C@H]2C[C@@H](O)CN2C(=O)[C@@H](NC(=O)COCCCCOc2ccc(-c3ccc(N4C(=S)N(c5ccc(C#N)c(C(F)(F)F)c5F)C(=O)C4(C)C)cn3)cc2)C(C)(C)C)[nH]1. The highest BCUT2D eigenvalue weighted by Crippen LogP contribution is 2.42. The average Bonchev–Trinajstić information content (AvgIpc) is 4.07. The van der Waals surface area contributed by atoms with Gasteiger partial charge in [-0.2, -0.15) is 18.4 Å². The predicted octanol–water partition coefficient (Wildman–Crippen LogP) is 7.89. The van der Waals surface area contributed by atoms with Crippen LogP contribution in [0.4, 0.5) is 28.9 Å². The van der Waals surface area contributed by atoms with E-state index in [9.17, 15) is 37.9 Å². The van der Waals surface area contributed by atoms with Crippen LogP contribution in [-0.4, -0.2) is 96.8 Å². The molecule has 358 valence electrons. The van der Waals surface area contributed by atoms with Crippen molar-refractivity contribution in [1.29, 1.82) is 5.26 Å². The van der Waals surface area contributed by atoms with Crippen LogP contribution < -0.4 is 19.9 Å². The lowest BCUT2D eigenvalue weighted by molar-refractivity contribution is -0.141. The number of pyridine rings is 1. The number of nitrogens with zero attached hydrogens (tertiary/aromatic N) is 7. The highest BCUT2D eigenvalue weighted by Gasteiger charge is 2.52. The van der Waals surface area contributed by atoms with Crippen LogP contribution in [0.1, 0.15) is 82.6 Å². The van der Waals surface area contributed by atoms with Gasteiger partial charge in [-0.15, -0.1) is 11.3 Å². The molecule has 5 aromatic rings. The second kappa shape index (κ2) is 19.7. The molecule has 0 aliphatic carbocycles. The zero-order valence-corrected chi connectivity index (χ0v) is 39.6. The minimum Gasteiger partial charge on any atom is -0.494 e. The van der Waals surface area contributed by atoms with Gasteiger partial charge >= 0.3 is 6.18 Å². The number of ether oxygens (including phenoxy) is 2. The van der Waals surface area contributed by atoms with Crippen LogP contribution in [0.2, 0.25) is 0 Å². The lowest BCUT2D eigenvalue weighted by atomic mass is 9.85. The largest absolute Gasteiger partial charge is 0.494 e. The number of nitriles is 1. The number of thiocarbonyl (C=S) groups is 1. The Morgan fingerprint density at radius 1 is 1.06 bits per heavy atom. The number of aliphatic hydroxyl groups is 1. The van der Waals surface area contributed by atoms with E-state index in [-0.39, 0.29) is 30.8 Å². The van der Waals surface area contributed by atoms with Gasteiger partial charge in [-0.3, -0.25) is 24.3 Å². The molecule has 2 fully saturated rings. The molecule has 2 aliphatic rings. The number of halogens is 4. The van der Waals surface area contributed by atoms with Crippen LogP contribution in [0.25, 0.3) is 21.8 Å². The summed E-state index contributed by atoms with van der Waals surface area (Å²) >= 11 is 7.01. The number of likely N-dealkylation sites (tertiary alicyclic amines) is 1. The van der Waals surface area contributed by atoms with Crippen molar-refractivity contribution in [1.82, 2.24) is 30.2 Å². The molecule has 0 bridgehead atoms. The molecule has 0 radical (unpaired) electrons. The summed E-state index contributed by atoms with van der Waals surface area (Å²) < 4.78 is 68.3. The van der Waals surface area contributed by atoms with Crippen molar-refractivity contribution in [2.45, 2.75) is 90.7 Å². The van der Waals surface area contributed by atoms with Crippen molar-refractivity contribution in [2.75, 3.05) is 36.2 Å². The number of nitrogens with one attached hydrogen (secondary N) is 2. The number of amides is 3. The molecule has 2 saturated heterocycles. The molecular formula is C47H49F4N9O6S2. The number of unbranched alkanes of at least 4 members (excludes halogenated alkanes) is 1. The first kappa shape index (κ1) is 49.6. The standard InChI is InChI=1S/C47H49F4N9O6S2/c1-26-39(68-25-55-26)33-22-54-41(56-33)35-19-30(61)23-58(35)42(63)40(45(2,3)4)57-36(62)24-65-17-7-8-18-66-31-13-9-27(10-14-31)32-15-12-29(21-53-32)60-44(67)59(43(64)46(60,5)6)34-16-11-28(20-52)37(38(34)48)47(49,50)51/h9-16,21-22,25,30,35,40,61H,7-8,17-19,23-24H2,1-6H3,(H,54,56)(H,57,62)/t30-,35-,40-/m1/s1. The van der Waals surface area contributed by atoms with Crippen molar-refractivity contribution in [3.05, 3.63) is 94.9 Å². The first-order valence-corrected chi connectivity index (χ1v) is 22.9. The van der Waals surface area contributed by atoms with Crippen LogP contribution in [-0.2, 0) is 25.3 Å². The number of β-amino-alcohol motifs (C(OH)–C–C–N with tert-alkyl or cyclic N) is 1. The maximum absolute atomic E-state index is 15.4. The number of rotatable bonds is 15. The molecule has 3 amide bonds. The highest BCUT2D eigenvalue weighted by atomic mass is 32.1. The van der Waals surface area contributed by atoms with Gasteiger partial charge in [-0.25, -0.2) is 14.4 Å². The highest BCUT2D eigenvalue weighted by molar-refractivity contribution is 7.81. The molecule has 15 nitrogen and oxygen atoms in total. The van der Waals surface area contributed by atoms with E-state index in [2.05, 4.69) is 25.3 Å². The van der Waals surface area contributed by atoms with Gasteiger partial charge in [0, 0.05) is 25.1 Å². The lowest BCUT2D eigenvalue weighted by Gasteiger charge is -2.35. The molecule has 3 aromatic heterocycles. The fourth-order valence-electron chi connectivity index (χ4n) is 8.14. The van der Waals surface area contributed by atoms with Crippen LogP contribution >= 0.6 is 23.6 Å². The number of anilines is 2. The summed E-state index contributed by atoms with van der Waals surface area (Å²) in [7, 11) is 0. The molecular weight excluding hydrogens is 927 g/mol. The Morgan fingerprint density at radius 3 is 2.41 bits per heavy atom. The minimum absolute atomic E-state index is 0.105. The van der Waals surface area contributed by atoms with Crippen LogP contribution in [0.15, 0.2) is 66.4 Å². The Bertz CT molecular complexity index is 2730. The fourth-order valence-corrected chi connectivity index (χ4v) is 9.42. The monoisotopic (exact) mass is 975 g/mol. The molecule has 68 heavy (non-hydrogen) atoms. The first-order chi connectivity index (χ1) is 32.1. The fraction of sp³-hybridized carbons (Fsp3) is 0.404. The first-order valence-electron chi connectivity index (χ1n) is 21.6. The molecule has 0 saturated carbocycles. The number of hydrogen-bond donors (Lipinski definition) is 3. The number of aromatic amines is 1. The van der Waals surface area contributed by atoms with Gasteiger partial charge < -0.3 is 34.7 Å². The molecule has 0 unspecified atom stereocenters. The summed E-state index contributed by atoms with van der Waals surface area (Å²) in [6.07, 6.45) is -1.26. The Hall–Kier alpha value is -6.34. The average molecular weight is 976 g/mol. The smallest absolute Gasteiger partial charge is 0.420 e. The Labute approximate surface area is 399 Å². The number of carbonyl (C=O) groups excluding carboxylic acids is 3. The maximum atomic E-state index is 15.4. The summed E-state index contributed by atoms with van der Waals surface area (Å²) in [5.74, 6) is -2.16. The van der Waals surface area contributed by atoms with E-state index in [0.717, 1.165) is 34.0 Å². The lowest BCUT2D eigenvalue weighted by Crippen LogP contribution is -2.55. The van der Waals surface area contributed by atoms with E-state index in [1.807, 2.05) is 27.7 Å². The van der Waals surface area contributed by atoms with E-state index in [1.54, 1.807) is 53.0 Å². The van der Waals surface area contributed by atoms with E-state index < -0.39 is 69.8 Å². The van der Waals surface area contributed by atoms with Gasteiger partial charge in [-0.1, -0.05) is 20.8 Å². The van der Waals surface area contributed by atoms with E-state index in [0.29, 0.717) is 53.7 Å². The number of H-pyrrole nitrogens is 1. The zero-order chi connectivity index (χ0) is 49.3. The van der Waals surface area contributed by atoms with Crippen molar-refractivity contribution >= 4 is 57.8 Å². The Balaban J connectivity index is 0.869. The number of aryl methyl sites for hydroxylation is 1. The van der Waals surface area contributed by atoms with Crippen molar-refractivity contribution in [2.24, 2.45) is 5.41 Å². The maximum Gasteiger partial charge on any atom is 0.420 e. The predicted molar refractivity (Wildman–Crippen MR) is 249 cm³/mol.